The van der Waals surface area contributed by atoms with E-state index in [4.69, 9.17) is 17.7 Å². The molecule has 0 rings (SSSR count). The van der Waals surface area contributed by atoms with Gasteiger partial charge in [0.05, 0.1) is 0 Å². The molecule has 41 heavy (non-hydrogen) atoms. The maximum Gasteiger partial charge on any atom is 0.679 e. The molecule has 0 aromatic carbocycles. The van der Waals surface area contributed by atoms with E-state index in [0.29, 0.717) is 26.4 Å². The molecule has 248 valence electrons. The van der Waals surface area contributed by atoms with Gasteiger partial charge in [-0.25, -0.2) is 0 Å². The molecule has 0 unspecified atom stereocenters. The molecule has 0 saturated carbocycles. The van der Waals surface area contributed by atoms with Crippen LogP contribution in [-0.4, -0.2) is 35.5 Å². The van der Waals surface area contributed by atoms with Gasteiger partial charge in [-0.15, -0.1) is 0 Å². The molecule has 0 aromatic heterocycles. The summed E-state index contributed by atoms with van der Waals surface area (Å²) < 4.78 is 26.0. The Morgan fingerprint density at radius 3 is 0.683 bits per heavy atom. The van der Waals surface area contributed by atoms with Crippen molar-refractivity contribution in [2.45, 2.75) is 184 Å². The molecular weight excluding hydrogens is 524 g/mol. The summed E-state index contributed by atoms with van der Waals surface area (Å²) in [6.45, 7) is 21.3. The highest BCUT2D eigenvalue weighted by Gasteiger charge is 2.45. The second-order valence-corrected chi connectivity index (χ2v) is 16.4. The van der Waals surface area contributed by atoms with Gasteiger partial charge in [0, 0.05) is 26.4 Å². The van der Waals surface area contributed by atoms with Crippen molar-refractivity contribution in [3.8, 4) is 0 Å². The van der Waals surface area contributed by atoms with Crippen LogP contribution in [0.5, 0.6) is 0 Å². The van der Waals surface area contributed by atoms with Gasteiger partial charge in [0.2, 0.25) is 0 Å². The predicted octanol–water partition coefficient (Wildman–Crippen LogP) is 11.9. The molecule has 4 nitrogen and oxygen atoms in total. The third-order valence-corrected chi connectivity index (χ3v) is 10.0. The zero-order valence-electron chi connectivity index (χ0n) is 29.4. The van der Waals surface area contributed by atoms with Crippen molar-refractivity contribution >= 4 is 9.05 Å². The number of hydrogen-bond donors (Lipinski definition) is 0. The molecule has 0 radical (unpaired) electrons. The summed E-state index contributed by atoms with van der Waals surface area (Å²) in [5.74, 6) is 3.18. The molecule has 0 atom stereocenters. The first kappa shape index (κ1) is 41.1. The van der Waals surface area contributed by atoms with Gasteiger partial charge in [0.1, 0.15) is 0 Å². The number of unbranched alkanes of at least 4 members (excludes halogenated alkanes) is 12. The first-order chi connectivity index (χ1) is 19.7. The molecule has 0 amide bonds. The van der Waals surface area contributed by atoms with Crippen LogP contribution in [0.4, 0.5) is 0 Å². The summed E-state index contributed by atoms with van der Waals surface area (Å²) in [6.07, 6.45) is 24.7. The summed E-state index contributed by atoms with van der Waals surface area (Å²) in [5, 5.41) is 0. The van der Waals surface area contributed by atoms with Crippen LogP contribution >= 0.6 is 0 Å². The average molecular weight is 601 g/mol. The summed E-state index contributed by atoms with van der Waals surface area (Å²) in [4.78, 5) is 0. The Balaban J connectivity index is 4.90. The Bertz CT molecular complexity index is 430. The van der Waals surface area contributed by atoms with Crippen molar-refractivity contribution in [2.24, 2.45) is 23.7 Å². The molecule has 0 aliphatic carbocycles. The number of hydrogen-bond acceptors (Lipinski definition) is 4. The normalized spacial score (nSPS) is 12.6. The average Bonchev–Trinajstić information content (AvgIpc) is 2.90. The quantitative estimate of drug-likeness (QED) is 0.0568. The molecule has 0 aliphatic heterocycles. The fourth-order valence-corrected chi connectivity index (χ4v) is 7.15. The lowest BCUT2D eigenvalue weighted by Gasteiger charge is -2.28. The van der Waals surface area contributed by atoms with Crippen molar-refractivity contribution in [1.29, 1.82) is 0 Å². The second kappa shape index (κ2) is 28.8. The van der Waals surface area contributed by atoms with E-state index in [1.54, 1.807) is 0 Å². The minimum Gasteiger partial charge on any atom is -0.351 e. The van der Waals surface area contributed by atoms with Gasteiger partial charge in [0.15, 0.2) is 0 Å². The van der Waals surface area contributed by atoms with Crippen molar-refractivity contribution < 1.29 is 17.7 Å². The van der Waals surface area contributed by atoms with E-state index in [2.05, 4.69) is 55.4 Å². The first-order valence-corrected chi connectivity index (χ1v) is 19.9. The SMILES string of the molecule is CC(C)CCCCCCO[Si](OCCCCCCC(C)C)(OCCCCCCC(C)C)OCCCCCCC(C)C. The molecule has 0 bridgehead atoms. The summed E-state index contributed by atoms with van der Waals surface area (Å²) in [6, 6.07) is 0. The highest BCUT2D eigenvalue weighted by molar-refractivity contribution is 6.53. The van der Waals surface area contributed by atoms with Crippen LogP contribution in [0.3, 0.4) is 0 Å². The lowest BCUT2D eigenvalue weighted by molar-refractivity contribution is -0.0375. The van der Waals surface area contributed by atoms with Gasteiger partial charge in [-0.3, -0.25) is 0 Å². The second-order valence-electron chi connectivity index (χ2n) is 14.3. The highest BCUT2D eigenvalue weighted by atomic mass is 28.4. The third-order valence-electron chi connectivity index (χ3n) is 7.82. The fourth-order valence-electron chi connectivity index (χ4n) is 5.07. The molecule has 0 aliphatic rings. The molecule has 0 heterocycles. The lowest BCUT2D eigenvalue weighted by atomic mass is 10.0. The maximum absolute atomic E-state index is 6.51. The fraction of sp³-hybridized carbons (Fsp3) is 1.00. The Kier molecular flexibility index (Phi) is 28.8. The Labute approximate surface area is 260 Å². The summed E-state index contributed by atoms with van der Waals surface area (Å²) >= 11 is 0. The van der Waals surface area contributed by atoms with Crippen molar-refractivity contribution in [3.63, 3.8) is 0 Å². The minimum atomic E-state index is -3.14. The zero-order valence-corrected chi connectivity index (χ0v) is 30.4. The van der Waals surface area contributed by atoms with Gasteiger partial charge >= 0.3 is 9.05 Å². The topological polar surface area (TPSA) is 36.9 Å². The van der Waals surface area contributed by atoms with E-state index in [-0.39, 0.29) is 0 Å². The van der Waals surface area contributed by atoms with E-state index in [1.807, 2.05) is 0 Å². The van der Waals surface area contributed by atoms with Crippen LogP contribution in [0.25, 0.3) is 0 Å². The van der Waals surface area contributed by atoms with E-state index in [0.717, 1.165) is 49.4 Å². The molecule has 0 spiro atoms. The molecule has 0 aromatic rings. The molecule has 0 N–H and O–H groups in total. The Hall–Kier alpha value is 0.0569. The van der Waals surface area contributed by atoms with E-state index in [9.17, 15) is 0 Å². The number of rotatable bonds is 32. The van der Waals surface area contributed by atoms with Gasteiger partial charge in [-0.2, -0.15) is 0 Å². The zero-order chi connectivity index (χ0) is 30.6. The van der Waals surface area contributed by atoms with E-state index >= 15 is 0 Å². The van der Waals surface area contributed by atoms with Gasteiger partial charge in [-0.1, -0.05) is 158 Å². The first-order valence-electron chi connectivity index (χ1n) is 18.2. The molecule has 0 fully saturated rings. The van der Waals surface area contributed by atoms with Gasteiger partial charge < -0.3 is 17.7 Å². The van der Waals surface area contributed by atoms with Crippen molar-refractivity contribution in [2.75, 3.05) is 26.4 Å². The van der Waals surface area contributed by atoms with Crippen LogP contribution in [-0.2, 0) is 17.7 Å². The lowest BCUT2D eigenvalue weighted by Crippen LogP contribution is -2.50. The van der Waals surface area contributed by atoms with Gasteiger partial charge in [0.25, 0.3) is 0 Å². The summed E-state index contributed by atoms with van der Waals surface area (Å²) in [7, 11) is -3.14. The molecular formula is C36H76O4Si. The van der Waals surface area contributed by atoms with Crippen LogP contribution in [0, 0.1) is 23.7 Å². The van der Waals surface area contributed by atoms with Crippen LogP contribution < -0.4 is 0 Å². The van der Waals surface area contributed by atoms with Crippen LogP contribution in [0.2, 0.25) is 0 Å². The Morgan fingerprint density at radius 2 is 0.488 bits per heavy atom. The smallest absolute Gasteiger partial charge is 0.351 e. The van der Waals surface area contributed by atoms with E-state index in [1.165, 1.54) is 103 Å². The maximum atomic E-state index is 6.51. The van der Waals surface area contributed by atoms with Crippen molar-refractivity contribution in [3.05, 3.63) is 0 Å². The highest BCUT2D eigenvalue weighted by Crippen LogP contribution is 2.19. The summed E-state index contributed by atoms with van der Waals surface area (Å²) in [5.41, 5.74) is 0. The Morgan fingerprint density at radius 1 is 0.293 bits per heavy atom. The molecule has 5 heteroatoms. The van der Waals surface area contributed by atoms with Crippen LogP contribution in [0.15, 0.2) is 0 Å². The van der Waals surface area contributed by atoms with Gasteiger partial charge in [-0.05, 0) is 49.4 Å². The van der Waals surface area contributed by atoms with Crippen molar-refractivity contribution in [1.82, 2.24) is 0 Å². The largest absolute Gasteiger partial charge is 0.679 e. The third kappa shape index (κ3) is 29.9. The standard InChI is InChI=1S/C36H76O4Si/c1-33(2)25-17-9-13-21-29-37-41(38-30-22-14-10-18-26-34(3)4,39-31-23-15-11-19-27-35(5)6)40-32-24-16-12-20-28-36(7)8/h33-36H,9-32H2,1-8H3. The van der Waals surface area contributed by atoms with E-state index < -0.39 is 9.05 Å². The minimum absolute atomic E-state index is 0.686. The predicted molar refractivity (Wildman–Crippen MR) is 181 cm³/mol. The van der Waals surface area contributed by atoms with Crippen LogP contribution in [0.1, 0.15) is 184 Å². The monoisotopic (exact) mass is 601 g/mol. The molecule has 0 saturated heterocycles.